The summed E-state index contributed by atoms with van der Waals surface area (Å²) in [6.07, 6.45) is 9.87. The number of halogens is 1. The minimum Gasteiger partial charge on any atom is -0.426 e. The van der Waals surface area contributed by atoms with E-state index in [1.54, 1.807) is 0 Å². The van der Waals surface area contributed by atoms with Crippen molar-refractivity contribution in [2.75, 3.05) is 5.33 Å². The lowest BCUT2D eigenvalue weighted by Crippen LogP contribution is -2.22. The van der Waals surface area contributed by atoms with Crippen LogP contribution in [0.1, 0.15) is 104 Å². The molecule has 188 valence electrons. The van der Waals surface area contributed by atoms with Crippen LogP contribution >= 0.6 is 15.9 Å². The Kier molecular flexibility index (Phi) is 10.6. The number of carbonyl (C=O) groups excluding carboxylic acids is 2. The zero-order valence-electron chi connectivity index (χ0n) is 21.8. The second-order valence-corrected chi connectivity index (χ2v) is 10.8. The number of hydrogen-bond donors (Lipinski definition) is 0. The summed E-state index contributed by atoms with van der Waals surface area (Å²) in [5.74, 6) is 0.251. The zero-order valence-corrected chi connectivity index (χ0v) is 23.3. The predicted octanol–water partition coefficient (Wildman–Crippen LogP) is 8.18. The zero-order chi connectivity index (χ0) is 25.5. The first kappa shape index (κ1) is 28.4. The highest BCUT2D eigenvalue weighted by Gasteiger charge is 2.34. The number of ether oxygens (including phenoxy) is 2. The molecule has 0 amide bonds. The van der Waals surface area contributed by atoms with Crippen LogP contribution in [-0.4, -0.2) is 17.3 Å². The third-order valence-electron chi connectivity index (χ3n) is 6.81. The van der Waals surface area contributed by atoms with Gasteiger partial charge in [-0.15, -0.1) is 0 Å². The van der Waals surface area contributed by atoms with Gasteiger partial charge in [-0.05, 0) is 55.2 Å². The summed E-state index contributed by atoms with van der Waals surface area (Å²) < 4.78 is 11.6. The Morgan fingerprint density at radius 3 is 2.12 bits per heavy atom. The molecule has 0 bridgehead atoms. The van der Waals surface area contributed by atoms with E-state index in [0.29, 0.717) is 11.5 Å². The van der Waals surface area contributed by atoms with Crippen molar-refractivity contribution >= 4 is 27.9 Å². The van der Waals surface area contributed by atoms with E-state index in [1.807, 2.05) is 19.1 Å². The van der Waals surface area contributed by atoms with Gasteiger partial charge in [-0.25, -0.2) is 0 Å². The van der Waals surface area contributed by atoms with Gasteiger partial charge in [-0.3, -0.25) is 9.59 Å². The molecule has 5 heteroatoms. The van der Waals surface area contributed by atoms with Gasteiger partial charge in [0.15, 0.2) is 0 Å². The van der Waals surface area contributed by atoms with E-state index in [1.165, 1.54) is 38.7 Å². The molecule has 1 aromatic carbocycles. The van der Waals surface area contributed by atoms with Crippen molar-refractivity contribution < 1.29 is 19.1 Å². The van der Waals surface area contributed by atoms with Gasteiger partial charge in [0.2, 0.25) is 0 Å². The molecule has 4 nitrogen and oxygen atoms in total. The molecule has 34 heavy (non-hydrogen) atoms. The fraction of sp³-hybridized carbons (Fsp3) is 0.586. The number of allylic oxidation sites excluding steroid dienone is 3. The van der Waals surface area contributed by atoms with Gasteiger partial charge >= 0.3 is 11.9 Å². The first-order chi connectivity index (χ1) is 16.0. The minimum atomic E-state index is -0.389. The molecule has 1 aliphatic carbocycles. The van der Waals surface area contributed by atoms with E-state index < -0.39 is 0 Å². The summed E-state index contributed by atoms with van der Waals surface area (Å²) in [7, 11) is 0. The summed E-state index contributed by atoms with van der Waals surface area (Å²) in [4.78, 5) is 24.3. The van der Waals surface area contributed by atoms with Crippen LogP contribution in [0, 0.1) is 5.92 Å². The Balaban J connectivity index is 2.69. The molecule has 0 aliphatic heterocycles. The van der Waals surface area contributed by atoms with Crippen molar-refractivity contribution in [3.8, 4) is 11.5 Å². The Bertz CT molecular complexity index is 891. The molecule has 1 aromatic rings. The fourth-order valence-corrected chi connectivity index (χ4v) is 5.33. The molecule has 1 unspecified atom stereocenters. The first-order valence-electron chi connectivity index (χ1n) is 12.5. The van der Waals surface area contributed by atoms with Crippen LogP contribution in [0.3, 0.4) is 0 Å². The minimum absolute atomic E-state index is 0.0933. The van der Waals surface area contributed by atoms with Crippen LogP contribution in [0.25, 0.3) is 0 Å². The average molecular weight is 534 g/mol. The fourth-order valence-electron chi connectivity index (χ4n) is 4.86. The molecule has 0 fully saturated rings. The van der Waals surface area contributed by atoms with Crippen LogP contribution in [0.15, 0.2) is 35.9 Å². The molecular weight excluding hydrogens is 492 g/mol. The molecule has 0 saturated heterocycles. The summed E-state index contributed by atoms with van der Waals surface area (Å²) >= 11 is 3.60. The number of rotatable bonds is 11. The van der Waals surface area contributed by atoms with Crippen LogP contribution < -0.4 is 9.47 Å². The quantitative estimate of drug-likeness (QED) is 0.0947. The highest BCUT2D eigenvalue weighted by atomic mass is 79.9. The predicted molar refractivity (Wildman–Crippen MR) is 143 cm³/mol. The van der Waals surface area contributed by atoms with Crippen molar-refractivity contribution in [3.05, 3.63) is 47.1 Å². The van der Waals surface area contributed by atoms with Crippen LogP contribution in [0.5, 0.6) is 11.5 Å². The molecular formula is C29H41BrO4. The Labute approximate surface area is 214 Å². The lowest BCUT2D eigenvalue weighted by atomic mass is 9.72. The SMILES string of the molecule is C=C(C)[C@@H]1CCC(CBr)=CC1c1c(OC(C)=O)cc(C(C)(C)CCCCCC)cc1OC(C)=O. The largest absolute Gasteiger partial charge is 0.426 e. The molecule has 1 aliphatic rings. The van der Waals surface area contributed by atoms with Crippen molar-refractivity contribution in [1.82, 2.24) is 0 Å². The molecule has 0 N–H and O–H groups in total. The van der Waals surface area contributed by atoms with Crippen LogP contribution in [0.2, 0.25) is 0 Å². The maximum absolute atomic E-state index is 12.2. The maximum atomic E-state index is 12.2. The van der Waals surface area contributed by atoms with Crippen LogP contribution in [-0.2, 0) is 15.0 Å². The smallest absolute Gasteiger partial charge is 0.308 e. The summed E-state index contributed by atoms with van der Waals surface area (Å²) in [5.41, 5.74) is 3.95. The van der Waals surface area contributed by atoms with Gasteiger partial charge in [-0.1, -0.05) is 86.2 Å². The summed E-state index contributed by atoms with van der Waals surface area (Å²) in [6, 6.07) is 3.96. The highest BCUT2D eigenvalue weighted by Crippen LogP contribution is 2.49. The monoisotopic (exact) mass is 532 g/mol. The third-order valence-corrected chi connectivity index (χ3v) is 7.53. The summed E-state index contributed by atoms with van der Waals surface area (Å²) in [5, 5.41) is 0.779. The Morgan fingerprint density at radius 1 is 1.06 bits per heavy atom. The number of esters is 2. The molecule has 2 rings (SSSR count). The number of hydrogen-bond acceptors (Lipinski definition) is 4. The summed E-state index contributed by atoms with van der Waals surface area (Å²) in [6.45, 7) is 15.7. The molecule has 0 saturated carbocycles. The normalized spacial score (nSPS) is 18.3. The van der Waals surface area contributed by atoms with Gasteiger partial charge in [0.1, 0.15) is 11.5 Å². The van der Waals surface area contributed by atoms with Gasteiger partial charge in [0, 0.05) is 30.7 Å². The molecule has 0 heterocycles. The van der Waals surface area contributed by atoms with E-state index in [-0.39, 0.29) is 29.2 Å². The van der Waals surface area contributed by atoms with Gasteiger partial charge in [0.25, 0.3) is 0 Å². The van der Waals surface area contributed by atoms with Crippen molar-refractivity contribution in [2.24, 2.45) is 5.92 Å². The second kappa shape index (κ2) is 12.7. The lowest BCUT2D eigenvalue weighted by Gasteiger charge is -2.34. The van der Waals surface area contributed by atoms with E-state index in [9.17, 15) is 9.59 Å². The third kappa shape index (κ3) is 7.56. The maximum Gasteiger partial charge on any atom is 0.308 e. The van der Waals surface area contributed by atoms with Crippen molar-refractivity contribution in [1.29, 1.82) is 0 Å². The topological polar surface area (TPSA) is 52.6 Å². The van der Waals surface area contributed by atoms with Gasteiger partial charge in [0.05, 0.1) is 0 Å². The highest BCUT2D eigenvalue weighted by molar-refractivity contribution is 9.09. The van der Waals surface area contributed by atoms with E-state index >= 15 is 0 Å². The standard InChI is InChI=1S/C29H41BrO4/c1-8-9-10-11-14-29(6,7)23-16-26(33-20(4)31)28(27(17-23)34-21(5)32)25-15-22(18-30)12-13-24(25)19(2)3/h15-17,24-25H,2,8-14,18H2,1,3-7H3/t24-,25?/m0/s1. The van der Waals surface area contributed by atoms with Crippen molar-refractivity contribution in [3.63, 3.8) is 0 Å². The lowest BCUT2D eigenvalue weighted by molar-refractivity contribution is -0.132. The molecule has 2 atom stereocenters. The average Bonchev–Trinajstić information content (AvgIpc) is 2.75. The number of alkyl halides is 1. The number of carbonyl (C=O) groups is 2. The Morgan fingerprint density at radius 2 is 1.65 bits per heavy atom. The van der Waals surface area contributed by atoms with Gasteiger partial charge < -0.3 is 9.47 Å². The number of benzene rings is 1. The van der Waals surface area contributed by atoms with Gasteiger partial charge in [-0.2, -0.15) is 0 Å². The second-order valence-electron chi connectivity index (χ2n) is 10.2. The van der Waals surface area contributed by atoms with E-state index in [4.69, 9.17) is 9.47 Å². The van der Waals surface area contributed by atoms with E-state index in [2.05, 4.69) is 49.4 Å². The first-order valence-corrected chi connectivity index (χ1v) is 13.6. The number of unbranched alkanes of at least 4 members (excludes halogenated alkanes) is 3. The molecule has 0 aromatic heterocycles. The molecule has 0 radical (unpaired) electrons. The Hall–Kier alpha value is -1.88. The molecule has 0 spiro atoms. The van der Waals surface area contributed by atoms with Crippen molar-refractivity contribution in [2.45, 2.75) is 97.8 Å². The van der Waals surface area contributed by atoms with E-state index in [0.717, 1.165) is 47.7 Å². The van der Waals surface area contributed by atoms with Crippen LogP contribution in [0.4, 0.5) is 0 Å².